The number of thioether (sulfide) groups is 1. The van der Waals surface area contributed by atoms with Gasteiger partial charge in [-0.05, 0) is 49.7 Å². The molecule has 4 aromatic rings. The molecule has 2 heterocycles. The number of carbonyl (C=O) groups excluding carboxylic acids is 1. The number of amides is 1. The normalized spacial score (nSPS) is 11.3. The number of thiophene rings is 1. The molecule has 0 atom stereocenters. The summed E-state index contributed by atoms with van der Waals surface area (Å²) in [7, 11) is 0. The quantitative estimate of drug-likeness (QED) is 0.206. The number of aromatic nitrogens is 2. The first-order valence-electron chi connectivity index (χ1n) is 9.62. The summed E-state index contributed by atoms with van der Waals surface area (Å²) in [5.41, 5.74) is 4.68. The highest BCUT2D eigenvalue weighted by atomic mass is 32.2. The van der Waals surface area contributed by atoms with Gasteiger partial charge in [-0.2, -0.15) is 5.10 Å². The van der Waals surface area contributed by atoms with Crippen molar-refractivity contribution in [2.24, 2.45) is 5.10 Å². The molecule has 0 fully saturated rings. The monoisotopic (exact) mass is 448 g/mol. The fourth-order valence-electron chi connectivity index (χ4n) is 3.09. The van der Waals surface area contributed by atoms with Crippen LogP contribution in [0.5, 0.6) is 0 Å². The molecular formula is C23H20N4O2S2. The van der Waals surface area contributed by atoms with Gasteiger partial charge in [-0.15, -0.1) is 11.3 Å². The molecule has 0 aliphatic heterocycles. The largest absolute Gasteiger partial charge is 0.272 e. The molecule has 2 aromatic carbocycles. The Morgan fingerprint density at radius 1 is 1.13 bits per heavy atom. The van der Waals surface area contributed by atoms with Crippen LogP contribution in [0, 0.1) is 13.8 Å². The van der Waals surface area contributed by atoms with Crippen LogP contribution in [0.1, 0.15) is 15.3 Å². The third-order valence-electron chi connectivity index (χ3n) is 4.58. The molecule has 0 saturated carbocycles. The lowest BCUT2D eigenvalue weighted by molar-refractivity contribution is -0.118. The molecule has 31 heavy (non-hydrogen) atoms. The van der Waals surface area contributed by atoms with Gasteiger partial charge in [0.2, 0.25) is 0 Å². The maximum absolute atomic E-state index is 13.3. The van der Waals surface area contributed by atoms with Gasteiger partial charge in [0.1, 0.15) is 0 Å². The van der Waals surface area contributed by atoms with E-state index in [1.807, 2.05) is 62.4 Å². The van der Waals surface area contributed by atoms with Gasteiger partial charge in [0.05, 0.1) is 28.6 Å². The minimum Gasteiger partial charge on any atom is -0.272 e. The number of aryl methyl sites for hydroxylation is 2. The van der Waals surface area contributed by atoms with Crippen molar-refractivity contribution in [2.45, 2.75) is 19.0 Å². The Morgan fingerprint density at radius 3 is 2.68 bits per heavy atom. The van der Waals surface area contributed by atoms with E-state index >= 15 is 0 Å². The Balaban J connectivity index is 1.60. The van der Waals surface area contributed by atoms with Crippen LogP contribution >= 0.6 is 23.1 Å². The zero-order chi connectivity index (χ0) is 21.8. The molecule has 0 bridgehead atoms. The average molecular weight is 449 g/mol. The third kappa shape index (κ3) is 4.76. The van der Waals surface area contributed by atoms with Crippen LogP contribution in [0.15, 0.2) is 75.7 Å². The van der Waals surface area contributed by atoms with E-state index in [4.69, 9.17) is 0 Å². The standard InChI is InChI=1S/C23H20N4O2S2/c1-15-7-3-6-10-20(15)27-22(29)18-8-4-5-9-19(18)25-23(27)30-14-21(28)26-24-13-17-12-11-16(2)31-17/h3-13H,14H2,1-2H3,(H,26,28)/b24-13+. The summed E-state index contributed by atoms with van der Waals surface area (Å²) in [6, 6.07) is 18.8. The number of carbonyl (C=O) groups is 1. The number of hydrazone groups is 1. The molecule has 1 amide bonds. The average Bonchev–Trinajstić information content (AvgIpc) is 3.18. The van der Waals surface area contributed by atoms with Crippen LogP contribution in [0.3, 0.4) is 0 Å². The van der Waals surface area contributed by atoms with E-state index < -0.39 is 0 Å². The van der Waals surface area contributed by atoms with Crippen molar-refractivity contribution in [3.8, 4) is 5.69 Å². The summed E-state index contributed by atoms with van der Waals surface area (Å²) in [5.74, 6) is -0.189. The van der Waals surface area contributed by atoms with E-state index in [1.54, 1.807) is 34.3 Å². The Labute approximate surface area is 187 Å². The van der Waals surface area contributed by atoms with Crippen molar-refractivity contribution in [1.82, 2.24) is 15.0 Å². The fraction of sp³-hybridized carbons (Fsp3) is 0.130. The predicted octanol–water partition coefficient (Wildman–Crippen LogP) is 4.31. The number of rotatable bonds is 6. The van der Waals surface area contributed by atoms with Crippen LogP contribution in [0.25, 0.3) is 16.6 Å². The van der Waals surface area contributed by atoms with Crippen LogP contribution < -0.4 is 11.0 Å². The van der Waals surface area contributed by atoms with Crippen molar-refractivity contribution < 1.29 is 4.79 Å². The smallest absolute Gasteiger partial charge is 0.266 e. The highest BCUT2D eigenvalue weighted by Crippen LogP contribution is 2.23. The fourth-order valence-corrected chi connectivity index (χ4v) is 4.64. The molecule has 0 aliphatic carbocycles. The van der Waals surface area contributed by atoms with Gasteiger partial charge in [0.15, 0.2) is 5.16 Å². The van der Waals surface area contributed by atoms with E-state index in [0.717, 1.165) is 16.1 Å². The molecule has 0 radical (unpaired) electrons. The second-order valence-electron chi connectivity index (χ2n) is 6.87. The topological polar surface area (TPSA) is 76.3 Å². The van der Waals surface area contributed by atoms with E-state index in [-0.39, 0.29) is 17.2 Å². The van der Waals surface area contributed by atoms with Gasteiger partial charge >= 0.3 is 0 Å². The maximum atomic E-state index is 13.3. The van der Waals surface area contributed by atoms with Gasteiger partial charge in [0, 0.05) is 9.75 Å². The maximum Gasteiger partial charge on any atom is 0.266 e. The third-order valence-corrected chi connectivity index (χ3v) is 6.45. The number of para-hydroxylation sites is 2. The summed E-state index contributed by atoms with van der Waals surface area (Å²) in [5, 5.41) is 5.01. The molecule has 0 unspecified atom stereocenters. The van der Waals surface area contributed by atoms with Crippen molar-refractivity contribution >= 4 is 46.1 Å². The zero-order valence-electron chi connectivity index (χ0n) is 17.0. The first kappa shape index (κ1) is 21.0. The van der Waals surface area contributed by atoms with Crippen molar-refractivity contribution in [3.05, 3.63) is 86.3 Å². The summed E-state index contributed by atoms with van der Waals surface area (Å²) < 4.78 is 1.58. The molecule has 1 N–H and O–H groups in total. The number of nitrogens with zero attached hydrogens (tertiary/aromatic N) is 3. The first-order chi connectivity index (χ1) is 15.0. The minimum atomic E-state index is -0.270. The second-order valence-corrected chi connectivity index (χ2v) is 9.13. The zero-order valence-corrected chi connectivity index (χ0v) is 18.7. The SMILES string of the molecule is Cc1ccc(/C=N/NC(=O)CSc2nc3ccccc3c(=O)n2-c2ccccc2C)s1. The van der Waals surface area contributed by atoms with Crippen molar-refractivity contribution in [3.63, 3.8) is 0 Å². The Morgan fingerprint density at radius 2 is 1.90 bits per heavy atom. The molecule has 0 aliphatic rings. The van der Waals surface area contributed by atoms with Crippen LogP contribution in [0.4, 0.5) is 0 Å². The van der Waals surface area contributed by atoms with Crippen LogP contribution in [-0.4, -0.2) is 27.4 Å². The Hall–Kier alpha value is -3.23. The van der Waals surface area contributed by atoms with E-state index in [2.05, 4.69) is 15.5 Å². The number of hydrogen-bond donors (Lipinski definition) is 1. The predicted molar refractivity (Wildman–Crippen MR) is 128 cm³/mol. The molecule has 0 spiro atoms. The molecule has 0 saturated heterocycles. The van der Waals surface area contributed by atoms with Gasteiger partial charge in [0.25, 0.3) is 11.5 Å². The molecule has 8 heteroatoms. The van der Waals surface area contributed by atoms with E-state index in [0.29, 0.717) is 16.1 Å². The van der Waals surface area contributed by atoms with E-state index in [9.17, 15) is 9.59 Å². The lowest BCUT2D eigenvalue weighted by Gasteiger charge is -2.14. The number of hydrogen-bond acceptors (Lipinski definition) is 6. The van der Waals surface area contributed by atoms with Crippen molar-refractivity contribution in [1.29, 1.82) is 0 Å². The number of fused-ring (bicyclic) bond motifs is 1. The second kappa shape index (κ2) is 9.28. The molecular weight excluding hydrogens is 428 g/mol. The number of nitrogens with one attached hydrogen (secondary N) is 1. The van der Waals surface area contributed by atoms with E-state index in [1.165, 1.54) is 16.6 Å². The van der Waals surface area contributed by atoms with Crippen LogP contribution in [-0.2, 0) is 4.79 Å². The van der Waals surface area contributed by atoms with Gasteiger partial charge < -0.3 is 0 Å². The summed E-state index contributed by atoms with van der Waals surface area (Å²) in [6.45, 7) is 3.96. The van der Waals surface area contributed by atoms with Gasteiger partial charge in [-0.25, -0.2) is 10.4 Å². The molecule has 156 valence electrons. The summed E-state index contributed by atoms with van der Waals surface area (Å²) in [6.07, 6.45) is 1.62. The Kier molecular flexibility index (Phi) is 6.29. The van der Waals surface area contributed by atoms with Gasteiger partial charge in [-0.1, -0.05) is 42.1 Å². The Bertz CT molecular complexity index is 1340. The molecule has 6 nitrogen and oxygen atoms in total. The lowest BCUT2D eigenvalue weighted by atomic mass is 10.2. The highest BCUT2D eigenvalue weighted by Gasteiger charge is 2.15. The first-order valence-corrected chi connectivity index (χ1v) is 11.4. The molecule has 4 rings (SSSR count). The lowest BCUT2D eigenvalue weighted by Crippen LogP contribution is -2.24. The summed E-state index contributed by atoms with van der Waals surface area (Å²) in [4.78, 5) is 32.4. The molecule has 2 aromatic heterocycles. The minimum absolute atomic E-state index is 0.0808. The van der Waals surface area contributed by atoms with Crippen molar-refractivity contribution in [2.75, 3.05) is 5.75 Å². The highest BCUT2D eigenvalue weighted by molar-refractivity contribution is 7.99. The number of benzene rings is 2. The van der Waals surface area contributed by atoms with Gasteiger partial charge in [-0.3, -0.25) is 14.2 Å². The summed E-state index contributed by atoms with van der Waals surface area (Å²) >= 11 is 2.81. The van der Waals surface area contributed by atoms with Crippen LogP contribution in [0.2, 0.25) is 0 Å².